The molecule has 0 radical (unpaired) electrons. The maximum absolute atomic E-state index is 5.27. The maximum Gasteiger partial charge on any atom is 0.334 e. The topological polar surface area (TPSA) is 18.5 Å². The smallest absolute Gasteiger partial charge is 0.334 e. The van der Waals surface area contributed by atoms with E-state index in [0.29, 0.717) is 0 Å². The molecule has 80 valence electrons. The van der Waals surface area contributed by atoms with Gasteiger partial charge >= 0.3 is 8.56 Å². The summed E-state index contributed by atoms with van der Waals surface area (Å²) in [5.74, 6) is 0.912. The first-order valence-corrected chi connectivity index (χ1v) is 8.69. The maximum atomic E-state index is 5.27. The minimum atomic E-state index is -1.77. The summed E-state index contributed by atoms with van der Waals surface area (Å²) in [4.78, 5) is 0. The summed E-state index contributed by atoms with van der Waals surface area (Å²) >= 11 is 4.12. The highest BCUT2D eigenvalue weighted by atomic mass is 32.1. The van der Waals surface area contributed by atoms with Gasteiger partial charge in [0.25, 0.3) is 0 Å². The van der Waals surface area contributed by atoms with E-state index >= 15 is 0 Å². The van der Waals surface area contributed by atoms with Crippen LogP contribution in [0.25, 0.3) is 0 Å². The second-order valence-electron chi connectivity index (χ2n) is 2.78. The fraction of sp³-hybridized carbons (Fsp3) is 0.750. The summed E-state index contributed by atoms with van der Waals surface area (Å²) in [6, 6.07) is 1.03. The summed E-state index contributed by atoms with van der Waals surface area (Å²) in [7, 11) is 2.80. The van der Waals surface area contributed by atoms with E-state index in [2.05, 4.69) is 25.8 Å². The van der Waals surface area contributed by atoms with Gasteiger partial charge < -0.3 is 8.85 Å². The minimum absolute atomic E-state index is 0.912. The Morgan fingerprint density at radius 2 is 1.85 bits per heavy atom. The molecule has 0 aromatic carbocycles. The Morgan fingerprint density at radius 3 is 2.08 bits per heavy atom. The first kappa shape index (κ1) is 15.9. The van der Waals surface area contributed by atoms with Crippen LogP contribution in [0.2, 0.25) is 12.6 Å². The predicted octanol–water partition coefficient (Wildman–Crippen LogP) is 1.17. The average Bonchev–Trinajstić information content (AvgIpc) is 2.15. The van der Waals surface area contributed by atoms with Crippen LogP contribution in [0.4, 0.5) is 0 Å². The van der Waals surface area contributed by atoms with Gasteiger partial charge in [0, 0.05) is 24.5 Å². The normalized spacial score (nSPS) is 10.5. The van der Waals surface area contributed by atoms with E-state index in [4.69, 9.17) is 8.85 Å². The van der Waals surface area contributed by atoms with Crippen molar-refractivity contribution >= 4 is 31.4 Å². The zero-order valence-electron chi connectivity index (χ0n) is 9.17. The van der Waals surface area contributed by atoms with Gasteiger partial charge in [-0.2, -0.15) is 12.6 Å². The van der Waals surface area contributed by atoms with Gasteiger partial charge in [-0.15, -0.1) is 12.3 Å². The molecule has 2 nitrogen and oxygen atoms in total. The Balaban J connectivity index is 0. The molecule has 0 spiro atoms. The lowest BCUT2D eigenvalue weighted by atomic mass is 10.6. The SMILES string of the molecule is C=C[SiH3].CO[Si](C)(CCCS)OC. The van der Waals surface area contributed by atoms with Crippen LogP contribution in [0.5, 0.6) is 0 Å². The highest BCUT2D eigenvalue weighted by molar-refractivity contribution is 7.80. The van der Waals surface area contributed by atoms with Gasteiger partial charge in [-0.3, -0.25) is 0 Å². The van der Waals surface area contributed by atoms with Crippen molar-refractivity contribution in [2.75, 3.05) is 20.0 Å². The molecule has 0 saturated heterocycles. The molecule has 0 saturated carbocycles. The third-order valence-electron chi connectivity index (χ3n) is 1.65. The molecule has 0 fully saturated rings. The Kier molecular flexibility index (Phi) is 12.9. The molecule has 13 heavy (non-hydrogen) atoms. The first-order chi connectivity index (χ1) is 6.10. The molecule has 5 heteroatoms. The highest BCUT2D eigenvalue weighted by Gasteiger charge is 2.27. The second-order valence-corrected chi connectivity index (χ2v) is 7.63. The molecule has 0 aliphatic heterocycles. The summed E-state index contributed by atoms with van der Waals surface area (Å²) in [5, 5.41) is 0. The van der Waals surface area contributed by atoms with Gasteiger partial charge in [0.05, 0.1) is 0 Å². The second kappa shape index (κ2) is 10.5. The monoisotopic (exact) mass is 238 g/mol. The van der Waals surface area contributed by atoms with E-state index in [0.717, 1.165) is 28.5 Å². The van der Waals surface area contributed by atoms with Gasteiger partial charge in [-0.1, -0.05) is 0 Å². The third kappa shape index (κ3) is 10.4. The van der Waals surface area contributed by atoms with Crippen molar-refractivity contribution in [3.8, 4) is 0 Å². The van der Waals surface area contributed by atoms with Gasteiger partial charge in [-0.25, -0.2) is 0 Å². The number of hydrogen-bond donors (Lipinski definition) is 1. The van der Waals surface area contributed by atoms with Gasteiger partial charge in [-0.05, 0) is 24.8 Å². The van der Waals surface area contributed by atoms with Crippen molar-refractivity contribution in [1.29, 1.82) is 0 Å². The highest BCUT2D eigenvalue weighted by Crippen LogP contribution is 2.13. The molecule has 0 unspecified atom stereocenters. The molecule has 0 atom stereocenters. The Hall–Kier alpha value is 0.444. The van der Waals surface area contributed by atoms with Gasteiger partial charge in [0.15, 0.2) is 0 Å². The predicted molar refractivity (Wildman–Crippen MR) is 69.0 cm³/mol. The molecule has 0 aliphatic rings. The quantitative estimate of drug-likeness (QED) is 0.572. The third-order valence-corrected chi connectivity index (χ3v) is 4.96. The molecule has 0 aliphatic carbocycles. The molecule has 0 heterocycles. The lowest BCUT2D eigenvalue weighted by Gasteiger charge is -2.21. The summed E-state index contributed by atoms with van der Waals surface area (Å²) in [6.45, 7) is 5.49. The van der Waals surface area contributed by atoms with Crippen molar-refractivity contribution < 1.29 is 8.85 Å². The van der Waals surface area contributed by atoms with Crippen LogP contribution >= 0.6 is 12.6 Å². The first-order valence-electron chi connectivity index (χ1n) is 4.38. The van der Waals surface area contributed by atoms with E-state index in [9.17, 15) is 0 Å². The van der Waals surface area contributed by atoms with Crippen molar-refractivity contribution in [2.24, 2.45) is 0 Å². The van der Waals surface area contributed by atoms with Crippen molar-refractivity contribution in [3.63, 3.8) is 0 Å². The minimum Gasteiger partial charge on any atom is -0.398 e. The van der Waals surface area contributed by atoms with Crippen LogP contribution in [0.15, 0.2) is 12.3 Å². The van der Waals surface area contributed by atoms with Gasteiger partial charge in [0.1, 0.15) is 0 Å². The van der Waals surface area contributed by atoms with E-state index in [1.165, 1.54) is 0 Å². The molecule has 0 N–H and O–H groups in total. The molecule has 0 aromatic rings. The molecular weight excluding hydrogens is 216 g/mol. The average molecular weight is 239 g/mol. The van der Waals surface area contributed by atoms with Crippen LogP contribution in [0.3, 0.4) is 0 Å². The van der Waals surface area contributed by atoms with Crippen molar-refractivity contribution in [2.45, 2.75) is 19.0 Å². The summed E-state index contributed by atoms with van der Waals surface area (Å²) < 4.78 is 10.5. The van der Waals surface area contributed by atoms with E-state index in [1.807, 2.05) is 5.70 Å². The van der Waals surface area contributed by atoms with Crippen molar-refractivity contribution in [3.05, 3.63) is 12.3 Å². The zero-order valence-corrected chi connectivity index (χ0v) is 13.1. The molecular formula is C8H22O2SSi2. The van der Waals surface area contributed by atoms with Crippen LogP contribution in [-0.2, 0) is 8.85 Å². The van der Waals surface area contributed by atoms with Crippen LogP contribution in [0, 0.1) is 0 Å². The molecule has 0 bridgehead atoms. The molecule has 0 amide bonds. The summed E-state index contributed by atoms with van der Waals surface area (Å²) in [6.07, 6.45) is 1.08. The van der Waals surface area contributed by atoms with E-state index in [1.54, 1.807) is 14.2 Å². The fourth-order valence-electron chi connectivity index (χ4n) is 0.688. The van der Waals surface area contributed by atoms with E-state index in [-0.39, 0.29) is 0 Å². The van der Waals surface area contributed by atoms with Gasteiger partial charge in [0.2, 0.25) is 0 Å². The standard InChI is InChI=1S/C6H16O2SSi.C2H6Si/c1-7-10(3,8-2)6-4-5-9;1-2-3/h9H,4-6H2,1-3H3;2H,1H2,3H3. The van der Waals surface area contributed by atoms with Crippen LogP contribution in [-0.4, -0.2) is 38.8 Å². The fourth-order valence-corrected chi connectivity index (χ4v) is 2.54. The Labute approximate surface area is 91.8 Å². The lowest BCUT2D eigenvalue weighted by molar-refractivity contribution is 0.249. The number of hydrogen-bond acceptors (Lipinski definition) is 3. The van der Waals surface area contributed by atoms with E-state index < -0.39 is 8.56 Å². The lowest BCUT2D eigenvalue weighted by Crippen LogP contribution is -2.35. The Morgan fingerprint density at radius 1 is 1.46 bits per heavy atom. The van der Waals surface area contributed by atoms with Crippen LogP contribution < -0.4 is 0 Å². The van der Waals surface area contributed by atoms with Crippen LogP contribution in [0.1, 0.15) is 6.42 Å². The number of rotatable bonds is 5. The molecule has 0 aromatic heterocycles. The van der Waals surface area contributed by atoms with Crippen molar-refractivity contribution in [1.82, 2.24) is 0 Å². The zero-order chi connectivity index (χ0) is 10.7. The number of thiol groups is 1. The Bertz CT molecular complexity index is 119. The molecule has 0 rings (SSSR count). The largest absolute Gasteiger partial charge is 0.398 e. The summed E-state index contributed by atoms with van der Waals surface area (Å²) in [5.41, 5.74) is 1.89.